The van der Waals surface area contributed by atoms with Crippen LogP contribution in [0.3, 0.4) is 0 Å². The maximum atomic E-state index is 15.7. The Kier molecular flexibility index (Phi) is 8.07. The van der Waals surface area contributed by atoms with Crippen LogP contribution in [0, 0.1) is 28.4 Å². The monoisotopic (exact) mass is 575 g/mol. The molecule has 1 saturated heterocycles. The highest BCUT2D eigenvalue weighted by molar-refractivity contribution is 6.31. The number of carbonyl (C=O) groups is 1. The van der Waals surface area contributed by atoms with Gasteiger partial charge in [0.2, 0.25) is 5.91 Å². The molecule has 2 N–H and O–H groups in total. The number of anilines is 1. The van der Waals surface area contributed by atoms with E-state index < -0.39 is 41.0 Å². The van der Waals surface area contributed by atoms with Crippen molar-refractivity contribution in [1.82, 2.24) is 5.32 Å². The molecule has 3 aromatic carbocycles. The van der Waals surface area contributed by atoms with Crippen LogP contribution in [-0.2, 0) is 10.2 Å². The Morgan fingerprint density at radius 2 is 1.74 bits per heavy atom. The predicted octanol–water partition coefficient (Wildman–Crippen LogP) is 7.89. The molecule has 1 amide bonds. The topological polar surface area (TPSA) is 64.9 Å². The number of carbonyl (C=O) groups excluding carboxylic acids is 1. The van der Waals surface area contributed by atoms with E-state index in [-0.39, 0.29) is 26.6 Å². The van der Waals surface area contributed by atoms with E-state index in [1.165, 1.54) is 24.3 Å². The van der Waals surface area contributed by atoms with Crippen molar-refractivity contribution in [3.05, 3.63) is 98.5 Å². The van der Waals surface area contributed by atoms with Gasteiger partial charge in [-0.3, -0.25) is 4.79 Å². The molecule has 0 radical (unpaired) electrons. The molecule has 1 unspecified atom stereocenters. The normalized spacial score (nSPS) is 23.2. The first kappa shape index (κ1) is 28.3. The molecule has 1 aliphatic heterocycles. The molecule has 38 heavy (non-hydrogen) atoms. The van der Waals surface area contributed by atoms with Crippen LogP contribution in [0.4, 0.5) is 14.5 Å². The molecule has 4 rings (SSSR count). The van der Waals surface area contributed by atoms with Crippen LogP contribution in [-0.4, -0.2) is 18.0 Å². The van der Waals surface area contributed by atoms with E-state index in [0.717, 1.165) is 6.07 Å². The predicted molar refractivity (Wildman–Crippen MR) is 148 cm³/mol. The SMILES string of the molecule is CC(C)(C)C[C@@H]1NC(C(=O)Nc2cccc(Cl)c2)[C@H](c2cccc(Cl)c2F)[C@@]1(C#N)c1ccc(Cl)cc1F. The van der Waals surface area contributed by atoms with Gasteiger partial charge in [-0.1, -0.05) is 79.8 Å². The van der Waals surface area contributed by atoms with E-state index >= 15 is 8.78 Å². The average Bonchev–Trinajstić information content (AvgIpc) is 3.14. The van der Waals surface area contributed by atoms with Crippen LogP contribution >= 0.6 is 34.8 Å². The minimum Gasteiger partial charge on any atom is -0.325 e. The zero-order chi connectivity index (χ0) is 27.8. The molecule has 1 fully saturated rings. The molecule has 4 nitrogen and oxygen atoms in total. The van der Waals surface area contributed by atoms with Crippen molar-refractivity contribution in [1.29, 1.82) is 5.26 Å². The van der Waals surface area contributed by atoms with Crippen molar-refractivity contribution in [3.63, 3.8) is 0 Å². The van der Waals surface area contributed by atoms with Gasteiger partial charge in [0.1, 0.15) is 17.0 Å². The van der Waals surface area contributed by atoms with E-state index in [1.807, 2.05) is 20.8 Å². The minimum atomic E-state index is -1.69. The summed E-state index contributed by atoms with van der Waals surface area (Å²) < 4.78 is 31.3. The maximum Gasteiger partial charge on any atom is 0.242 e. The second-order valence-electron chi connectivity index (χ2n) is 10.7. The van der Waals surface area contributed by atoms with Gasteiger partial charge in [0, 0.05) is 33.3 Å². The third kappa shape index (κ3) is 5.39. The fourth-order valence-electron chi connectivity index (χ4n) is 5.34. The zero-order valence-corrected chi connectivity index (χ0v) is 23.2. The van der Waals surface area contributed by atoms with Gasteiger partial charge in [0.15, 0.2) is 0 Å². The van der Waals surface area contributed by atoms with Gasteiger partial charge < -0.3 is 10.6 Å². The lowest BCUT2D eigenvalue weighted by molar-refractivity contribution is -0.118. The number of amides is 1. The summed E-state index contributed by atoms with van der Waals surface area (Å²) in [7, 11) is 0. The van der Waals surface area contributed by atoms with E-state index in [0.29, 0.717) is 17.1 Å². The fourth-order valence-corrected chi connectivity index (χ4v) is 5.87. The van der Waals surface area contributed by atoms with Gasteiger partial charge in [0.05, 0.1) is 17.1 Å². The summed E-state index contributed by atoms with van der Waals surface area (Å²) in [6, 6.07) is 15.5. The molecule has 1 aliphatic rings. The molecule has 0 aromatic heterocycles. The first-order chi connectivity index (χ1) is 17.9. The van der Waals surface area contributed by atoms with Gasteiger partial charge in [0.25, 0.3) is 0 Å². The van der Waals surface area contributed by atoms with Crippen LogP contribution < -0.4 is 10.6 Å². The molecule has 0 saturated carbocycles. The van der Waals surface area contributed by atoms with E-state index in [4.69, 9.17) is 34.8 Å². The second-order valence-corrected chi connectivity index (χ2v) is 12.0. The Labute approximate surface area is 235 Å². The summed E-state index contributed by atoms with van der Waals surface area (Å²) >= 11 is 18.3. The number of rotatable bonds is 5. The molecular weight excluding hydrogens is 551 g/mol. The van der Waals surface area contributed by atoms with Gasteiger partial charge in [-0.2, -0.15) is 5.26 Å². The van der Waals surface area contributed by atoms with Crippen molar-refractivity contribution < 1.29 is 13.6 Å². The van der Waals surface area contributed by atoms with Crippen molar-refractivity contribution >= 4 is 46.4 Å². The van der Waals surface area contributed by atoms with Crippen LogP contribution in [0.2, 0.25) is 15.1 Å². The molecule has 0 bridgehead atoms. The van der Waals surface area contributed by atoms with Crippen LogP contribution in [0.25, 0.3) is 0 Å². The van der Waals surface area contributed by atoms with Crippen molar-refractivity contribution in [2.45, 2.75) is 50.6 Å². The summed E-state index contributed by atoms with van der Waals surface area (Å²) in [6.45, 7) is 5.93. The van der Waals surface area contributed by atoms with Crippen LogP contribution in [0.15, 0.2) is 60.7 Å². The van der Waals surface area contributed by atoms with Crippen molar-refractivity contribution in [2.24, 2.45) is 5.41 Å². The average molecular weight is 577 g/mol. The molecule has 4 atom stereocenters. The maximum absolute atomic E-state index is 15.7. The molecular formula is C29H26Cl3F2N3O. The number of nitrogens with zero attached hydrogens (tertiary/aromatic N) is 1. The van der Waals surface area contributed by atoms with Crippen LogP contribution in [0.1, 0.15) is 44.2 Å². The van der Waals surface area contributed by atoms with Gasteiger partial charge in [-0.05, 0) is 53.8 Å². The number of halogens is 5. The smallest absolute Gasteiger partial charge is 0.242 e. The van der Waals surface area contributed by atoms with Crippen LogP contribution in [0.5, 0.6) is 0 Å². The molecule has 9 heteroatoms. The third-order valence-corrected chi connectivity index (χ3v) is 7.59. The number of hydrogen-bond donors (Lipinski definition) is 2. The summed E-state index contributed by atoms with van der Waals surface area (Å²) in [5.41, 5.74) is -1.55. The second kappa shape index (κ2) is 10.8. The lowest BCUT2D eigenvalue weighted by Crippen LogP contribution is -2.45. The Balaban J connectivity index is 1.97. The standard InChI is InChI=1S/C29H26Cl3F2N3O/c1-28(2,3)14-23-29(15-35,20-11-10-17(31)13-22(20)33)24(19-8-5-9-21(32)25(19)34)26(37-23)27(38)36-18-7-4-6-16(30)12-18/h4-13,23-24,26,37H,14H2,1-3H3,(H,36,38)/t23-,24-,26?,29-/m0/s1. The van der Waals surface area contributed by atoms with E-state index in [2.05, 4.69) is 16.7 Å². The molecule has 0 spiro atoms. The lowest BCUT2D eigenvalue weighted by Gasteiger charge is -2.37. The fraction of sp³-hybridized carbons (Fsp3) is 0.310. The van der Waals surface area contributed by atoms with Crippen molar-refractivity contribution in [2.75, 3.05) is 5.32 Å². The molecule has 3 aromatic rings. The first-order valence-corrected chi connectivity index (χ1v) is 13.1. The highest BCUT2D eigenvalue weighted by Gasteiger charge is 2.61. The Bertz CT molecular complexity index is 1420. The largest absolute Gasteiger partial charge is 0.325 e. The van der Waals surface area contributed by atoms with Gasteiger partial charge in [-0.25, -0.2) is 8.78 Å². The first-order valence-electron chi connectivity index (χ1n) is 12.0. The lowest BCUT2D eigenvalue weighted by atomic mass is 9.62. The van der Waals surface area contributed by atoms with E-state index in [9.17, 15) is 10.1 Å². The summed E-state index contributed by atoms with van der Waals surface area (Å²) in [6.07, 6.45) is 0.377. The number of nitriles is 1. The zero-order valence-electron chi connectivity index (χ0n) is 21.0. The van der Waals surface area contributed by atoms with Crippen molar-refractivity contribution in [3.8, 4) is 6.07 Å². The quantitative estimate of drug-likeness (QED) is 0.325. The number of hydrogen-bond acceptors (Lipinski definition) is 3. The highest BCUT2D eigenvalue weighted by atomic mass is 35.5. The Morgan fingerprint density at radius 1 is 1.05 bits per heavy atom. The molecule has 198 valence electrons. The third-order valence-electron chi connectivity index (χ3n) is 6.82. The minimum absolute atomic E-state index is 0.0218. The van der Waals surface area contributed by atoms with Gasteiger partial charge in [-0.15, -0.1) is 0 Å². The Hall–Kier alpha value is -2.69. The summed E-state index contributed by atoms with van der Waals surface area (Å²) in [5.74, 6) is -3.16. The highest BCUT2D eigenvalue weighted by Crippen LogP contribution is 2.52. The summed E-state index contributed by atoms with van der Waals surface area (Å²) in [4.78, 5) is 13.8. The Morgan fingerprint density at radius 3 is 2.37 bits per heavy atom. The number of benzene rings is 3. The number of nitrogens with one attached hydrogen (secondary N) is 2. The summed E-state index contributed by atoms with van der Waals surface area (Å²) in [5, 5.41) is 17.4. The van der Waals surface area contributed by atoms with E-state index in [1.54, 1.807) is 30.3 Å². The molecule has 0 aliphatic carbocycles. The molecule has 1 heterocycles. The van der Waals surface area contributed by atoms with Gasteiger partial charge >= 0.3 is 0 Å².